The molecule has 3 rings (SSSR count). The number of benzene rings is 2. The summed E-state index contributed by atoms with van der Waals surface area (Å²) in [6.45, 7) is 0. The molecule has 0 unspecified atom stereocenters. The van der Waals surface area contributed by atoms with Crippen LogP contribution < -0.4 is 21.1 Å². The Kier molecular flexibility index (Phi) is 7.63. The van der Waals surface area contributed by atoms with Gasteiger partial charge in [0.1, 0.15) is 5.75 Å². The van der Waals surface area contributed by atoms with Crippen molar-refractivity contribution < 1.29 is 19.1 Å². The van der Waals surface area contributed by atoms with E-state index in [2.05, 4.69) is 15.6 Å². The Morgan fingerprint density at radius 1 is 1.10 bits per heavy atom. The van der Waals surface area contributed by atoms with Crippen LogP contribution in [0.15, 0.2) is 58.3 Å². The number of nitrogens with one attached hydrogen (secondary N) is 2. The number of para-hydroxylation sites is 1. The number of thioether (sulfide) groups is 1. The largest absolute Gasteiger partial charge is 0.497 e. The van der Waals surface area contributed by atoms with Crippen LogP contribution >= 0.6 is 23.1 Å². The van der Waals surface area contributed by atoms with Crippen molar-refractivity contribution in [1.29, 1.82) is 0 Å². The minimum atomic E-state index is -0.615. The number of amides is 3. The molecular formula is C21H20N4O4S2. The highest BCUT2D eigenvalue weighted by Gasteiger charge is 2.13. The number of hydrogen-bond acceptors (Lipinski definition) is 7. The van der Waals surface area contributed by atoms with Crippen LogP contribution in [0.1, 0.15) is 16.1 Å². The molecule has 1 aromatic heterocycles. The van der Waals surface area contributed by atoms with E-state index in [1.807, 2.05) is 0 Å². The summed E-state index contributed by atoms with van der Waals surface area (Å²) >= 11 is 2.65. The van der Waals surface area contributed by atoms with Crippen molar-refractivity contribution in [1.82, 2.24) is 4.98 Å². The second-order valence-corrected chi connectivity index (χ2v) is 8.39. The van der Waals surface area contributed by atoms with E-state index in [1.165, 1.54) is 23.1 Å². The summed E-state index contributed by atoms with van der Waals surface area (Å²) in [7, 11) is 1.56. The number of nitrogens with two attached hydrogens (primary N) is 1. The molecular weight excluding hydrogens is 436 g/mol. The minimum Gasteiger partial charge on any atom is -0.497 e. The summed E-state index contributed by atoms with van der Waals surface area (Å²) in [5, 5.41) is 7.25. The van der Waals surface area contributed by atoms with Crippen LogP contribution in [0.4, 0.5) is 11.4 Å². The Morgan fingerprint density at radius 3 is 2.68 bits per heavy atom. The molecule has 0 radical (unpaired) electrons. The van der Waals surface area contributed by atoms with E-state index in [-0.39, 0.29) is 29.6 Å². The molecule has 4 N–H and O–H groups in total. The zero-order chi connectivity index (χ0) is 22.2. The third-order valence-electron chi connectivity index (χ3n) is 4.02. The lowest BCUT2D eigenvalue weighted by Crippen LogP contribution is -2.19. The van der Waals surface area contributed by atoms with Gasteiger partial charge in [-0.05, 0) is 24.3 Å². The highest BCUT2D eigenvalue weighted by Crippen LogP contribution is 2.24. The number of ether oxygens (including phenoxy) is 1. The molecule has 0 atom stereocenters. The maximum absolute atomic E-state index is 12.3. The maximum Gasteiger partial charge on any atom is 0.250 e. The lowest BCUT2D eigenvalue weighted by Gasteiger charge is -2.07. The quantitative estimate of drug-likeness (QED) is 0.425. The summed E-state index contributed by atoms with van der Waals surface area (Å²) in [6.07, 6.45) is 0.0418. The van der Waals surface area contributed by atoms with Gasteiger partial charge in [-0.1, -0.05) is 30.0 Å². The molecule has 160 valence electrons. The van der Waals surface area contributed by atoms with E-state index >= 15 is 0 Å². The van der Waals surface area contributed by atoms with E-state index in [1.54, 1.807) is 61.0 Å². The first-order valence-corrected chi connectivity index (χ1v) is 11.0. The van der Waals surface area contributed by atoms with Gasteiger partial charge in [-0.2, -0.15) is 0 Å². The number of aromatic nitrogens is 1. The van der Waals surface area contributed by atoms with Crippen molar-refractivity contribution in [3.05, 3.63) is 65.2 Å². The minimum absolute atomic E-state index is 0.0418. The first-order valence-electron chi connectivity index (χ1n) is 9.14. The van der Waals surface area contributed by atoms with Gasteiger partial charge in [-0.15, -0.1) is 11.3 Å². The van der Waals surface area contributed by atoms with Gasteiger partial charge in [0.2, 0.25) is 11.8 Å². The lowest BCUT2D eigenvalue weighted by molar-refractivity contribution is -0.116. The number of carbonyl (C=O) groups excluding carboxylic acids is 3. The Morgan fingerprint density at radius 2 is 1.90 bits per heavy atom. The molecule has 2 aromatic carbocycles. The molecule has 0 saturated heterocycles. The lowest BCUT2D eigenvalue weighted by atomic mass is 10.1. The molecule has 0 aliphatic carbocycles. The van der Waals surface area contributed by atoms with Crippen molar-refractivity contribution in [3.8, 4) is 5.75 Å². The number of methoxy groups -OCH3 is 1. The van der Waals surface area contributed by atoms with E-state index in [0.717, 1.165) is 0 Å². The van der Waals surface area contributed by atoms with Crippen LogP contribution in [0.3, 0.4) is 0 Å². The molecule has 0 fully saturated rings. The summed E-state index contributed by atoms with van der Waals surface area (Å²) in [5.74, 6) is -0.258. The van der Waals surface area contributed by atoms with Gasteiger partial charge in [0, 0.05) is 17.1 Å². The predicted molar refractivity (Wildman–Crippen MR) is 122 cm³/mol. The normalized spacial score (nSPS) is 10.4. The molecule has 1 heterocycles. The Hall–Kier alpha value is -3.37. The van der Waals surface area contributed by atoms with E-state index in [4.69, 9.17) is 10.5 Å². The smallest absolute Gasteiger partial charge is 0.250 e. The van der Waals surface area contributed by atoms with Crippen LogP contribution in [-0.2, 0) is 16.0 Å². The highest BCUT2D eigenvalue weighted by atomic mass is 32.2. The Bertz CT molecular complexity index is 1100. The van der Waals surface area contributed by atoms with Gasteiger partial charge in [0.25, 0.3) is 5.91 Å². The molecule has 0 aliphatic rings. The number of thiazole rings is 1. The average molecular weight is 457 g/mol. The van der Waals surface area contributed by atoms with Gasteiger partial charge in [-0.3, -0.25) is 14.4 Å². The molecule has 0 spiro atoms. The van der Waals surface area contributed by atoms with Crippen LogP contribution in [0.5, 0.6) is 5.75 Å². The predicted octanol–water partition coefficient (Wildman–Crippen LogP) is 3.16. The Balaban J connectivity index is 1.50. The fraction of sp³-hybridized carbons (Fsp3) is 0.143. The fourth-order valence-electron chi connectivity index (χ4n) is 2.63. The molecule has 10 heteroatoms. The van der Waals surface area contributed by atoms with Crippen LogP contribution in [0, 0.1) is 0 Å². The van der Waals surface area contributed by atoms with Gasteiger partial charge in [0.05, 0.1) is 36.2 Å². The van der Waals surface area contributed by atoms with Crippen molar-refractivity contribution >= 4 is 52.2 Å². The standard InChI is InChI=1S/C21H20N4O4S2/c1-29-15-6-4-5-13(9-15)23-19(27)12-31-21-24-14(11-30-21)10-18(26)25-17-8-3-2-7-16(17)20(22)28/h2-9,11H,10,12H2,1H3,(H2,22,28)(H,23,27)(H,25,26). The second-order valence-electron chi connectivity index (χ2n) is 6.31. The number of rotatable bonds is 9. The van der Waals surface area contributed by atoms with Crippen molar-refractivity contribution in [2.24, 2.45) is 5.73 Å². The maximum atomic E-state index is 12.3. The summed E-state index contributed by atoms with van der Waals surface area (Å²) < 4.78 is 5.82. The number of hydrogen-bond donors (Lipinski definition) is 3. The molecule has 0 bridgehead atoms. The van der Waals surface area contributed by atoms with Gasteiger partial charge in [0.15, 0.2) is 4.34 Å². The molecule has 3 aromatic rings. The van der Waals surface area contributed by atoms with Gasteiger partial charge < -0.3 is 21.1 Å². The van der Waals surface area contributed by atoms with E-state index in [0.29, 0.717) is 27.2 Å². The monoisotopic (exact) mass is 456 g/mol. The number of primary amides is 1. The topological polar surface area (TPSA) is 123 Å². The molecule has 31 heavy (non-hydrogen) atoms. The third kappa shape index (κ3) is 6.56. The SMILES string of the molecule is COc1cccc(NC(=O)CSc2nc(CC(=O)Nc3ccccc3C(N)=O)cs2)c1. The van der Waals surface area contributed by atoms with Crippen LogP contribution in [0.25, 0.3) is 0 Å². The van der Waals surface area contributed by atoms with Crippen LogP contribution in [-0.4, -0.2) is 35.6 Å². The first kappa shape index (κ1) is 22.3. The molecule has 0 saturated carbocycles. The average Bonchev–Trinajstić information content (AvgIpc) is 3.19. The van der Waals surface area contributed by atoms with E-state index < -0.39 is 5.91 Å². The van der Waals surface area contributed by atoms with Crippen molar-refractivity contribution in [2.45, 2.75) is 10.8 Å². The summed E-state index contributed by atoms with van der Waals surface area (Å²) in [5.41, 5.74) is 7.16. The van der Waals surface area contributed by atoms with Gasteiger partial charge >= 0.3 is 0 Å². The zero-order valence-electron chi connectivity index (χ0n) is 16.6. The first-order chi connectivity index (χ1) is 14.9. The van der Waals surface area contributed by atoms with E-state index in [9.17, 15) is 14.4 Å². The Labute approximate surface area is 187 Å². The van der Waals surface area contributed by atoms with Gasteiger partial charge in [-0.25, -0.2) is 4.98 Å². The molecule has 0 aliphatic heterocycles. The number of carbonyl (C=O) groups is 3. The summed E-state index contributed by atoms with van der Waals surface area (Å²) in [6, 6.07) is 13.6. The highest BCUT2D eigenvalue weighted by molar-refractivity contribution is 8.01. The molecule has 8 nitrogen and oxygen atoms in total. The second kappa shape index (κ2) is 10.6. The number of anilines is 2. The molecule has 3 amide bonds. The zero-order valence-corrected chi connectivity index (χ0v) is 18.2. The van der Waals surface area contributed by atoms with Crippen LogP contribution in [0.2, 0.25) is 0 Å². The van der Waals surface area contributed by atoms with Crippen molar-refractivity contribution in [2.75, 3.05) is 23.5 Å². The van der Waals surface area contributed by atoms with Crippen molar-refractivity contribution in [3.63, 3.8) is 0 Å². The fourth-order valence-corrected chi connectivity index (χ4v) is 4.27. The summed E-state index contributed by atoms with van der Waals surface area (Å²) in [4.78, 5) is 40.3. The third-order valence-corrected chi connectivity index (χ3v) is 6.09. The number of nitrogens with zero attached hydrogens (tertiary/aromatic N) is 1.